The molecule has 0 aliphatic carbocycles. The van der Waals surface area contributed by atoms with Crippen molar-refractivity contribution in [3.8, 4) is 0 Å². The van der Waals surface area contributed by atoms with Crippen LogP contribution in [0.2, 0.25) is 0 Å². The highest BCUT2D eigenvalue weighted by Crippen LogP contribution is 2.15. The largest absolute Gasteiger partial charge is 0.368 e. The Bertz CT molecular complexity index is 933. The molecule has 0 atom stereocenters. The molecule has 140 valence electrons. The van der Waals surface area contributed by atoms with Crippen LogP contribution >= 0.6 is 0 Å². The summed E-state index contributed by atoms with van der Waals surface area (Å²) in [7, 11) is 1.79. The Morgan fingerprint density at radius 1 is 0.926 bits per heavy atom. The second-order valence-corrected chi connectivity index (χ2v) is 5.99. The number of hydrogen-bond acceptors (Lipinski definition) is 6. The number of nitrogens with zero attached hydrogens (tertiary/aromatic N) is 4. The smallest absolute Gasteiger partial charge is 0.232 e. The standard InChI is InChI=1S/C18H17F3N6/c1-27(9-11-2-7-14(20)15(21)8-11)10-16-24-17(22)26-18(25-16)23-13-5-3-12(19)4-6-13/h2-8H,9-10H2,1H3,(H3,22,23,24,25,26). The molecule has 0 saturated carbocycles. The van der Waals surface area contributed by atoms with Gasteiger partial charge in [-0.3, -0.25) is 4.90 Å². The van der Waals surface area contributed by atoms with Gasteiger partial charge in [0, 0.05) is 12.2 Å². The second-order valence-electron chi connectivity index (χ2n) is 5.99. The van der Waals surface area contributed by atoms with Crippen molar-refractivity contribution < 1.29 is 13.2 Å². The molecular weight excluding hydrogens is 357 g/mol. The van der Waals surface area contributed by atoms with Gasteiger partial charge in [-0.2, -0.15) is 15.0 Å². The lowest BCUT2D eigenvalue weighted by molar-refractivity contribution is 0.309. The zero-order chi connectivity index (χ0) is 19.4. The third kappa shape index (κ3) is 5.14. The van der Waals surface area contributed by atoms with E-state index in [0.29, 0.717) is 30.2 Å². The second kappa shape index (κ2) is 8.00. The summed E-state index contributed by atoms with van der Waals surface area (Å²) in [4.78, 5) is 14.2. The number of rotatable bonds is 6. The van der Waals surface area contributed by atoms with E-state index < -0.39 is 11.6 Å². The van der Waals surface area contributed by atoms with Gasteiger partial charge in [-0.25, -0.2) is 13.2 Å². The Morgan fingerprint density at radius 3 is 2.37 bits per heavy atom. The number of nitrogens with two attached hydrogens (primary N) is 1. The lowest BCUT2D eigenvalue weighted by atomic mass is 10.2. The normalized spacial score (nSPS) is 11.0. The average molecular weight is 374 g/mol. The van der Waals surface area contributed by atoms with Gasteiger partial charge in [0.25, 0.3) is 0 Å². The maximum atomic E-state index is 13.3. The minimum Gasteiger partial charge on any atom is -0.368 e. The van der Waals surface area contributed by atoms with Gasteiger partial charge < -0.3 is 11.1 Å². The maximum Gasteiger partial charge on any atom is 0.232 e. The lowest BCUT2D eigenvalue weighted by Gasteiger charge is -2.16. The van der Waals surface area contributed by atoms with Crippen LogP contribution in [0.15, 0.2) is 42.5 Å². The molecule has 9 heteroatoms. The number of halogens is 3. The molecule has 3 rings (SSSR count). The summed E-state index contributed by atoms with van der Waals surface area (Å²) in [5.41, 5.74) is 6.94. The number of anilines is 3. The van der Waals surface area contributed by atoms with E-state index in [1.54, 1.807) is 19.2 Å². The molecule has 0 amide bonds. The molecule has 0 fully saturated rings. The van der Waals surface area contributed by atoms with Crippen LogP contribution in [0.3, 0.4) is 0 Å². The van der Waals surface area contributed by atoms with E-state index >= 15 is 0 Å². The molecule has 0 aliphatic rings. The number of aromatic nitrogens is 3. The zero-order valence-corrected chi connectivity index (χ0v) is 14.5. The quantitative estimate of drug-likeness (QED) is 0.690. The summed E-state index contributed by atoms with van der Waals surface area (Å²) in [6, 6.07) is 9.46. The van der Waals surface area contributed by atoms with E-state index in [2.05, 4.69) is 20.3 Å². The van der Waals surface area contributed by atoms with Crippen LogP contribution in [-0.4, -0.2) is 26.9 Å². The van der Waals surface area contributed by atoms with Crippen LogP contribution in [0.5, 0.6) is 0 Å². The first kappa shape index (κ1) is 18.6. The van der Waals surface area contributed by atoms with Gasteiger partial charge >= 0.3 is 0 Å². The predicted octanol–water partition coefficient (Wildman–Crippen LogP) is 3.25. The van der Waals surface area contributed by atoms with Crippen LogP contribution in [0.1, 0.15) is 11.4 Å². The molecule has 2 aromatic carbocycles. The van der Waals surface area contributed by atoms with Crippen molar-refractivity contribution in [1.29, 1.82) is 0 Å². The number of nitrogens with one attached hydrogen (secondary N) is 1. The summed E-state index contributed by atoms with van der Waals surface area (Å²) >= 11 is 0. The van der Waals surface area contributed by atoms with E-state index in [-0.39, 0.29) is 17.7 Å². The molecule has 3 aromatic rings. The average Bonchev–Trinajstić information content (AvgIpc) is 2.59. The van der Waals surface area contributed by atoms with Crippen LogP contribution in [0.4, 0.5) is 30.8 Å². The molecule has 0 unspecified atom stereocenters. The number of hydrogen-bond donors (Lipinski definition) is 2. The van der Waals surface area contributed by atoms with Crippen LogP contribution in [0, 0.1) is 17.5 Å². The van der Waals surface area contributed by atoms with E-state index in [4.69, 9.17) is 5.73 Å². The Hall–Kier alpha value is -3.20. The molecular formula is C18H17F3N6. The highest BCUT2D eigenvalue weighted by atomic mass is 19.2. The van der Waals surface area contributed by atoms with Gasteiger partial charge in [-0.05, 0) is 49.0 Å². The summed E-state index contributed by atoms with van der Waals surface area (Å²) in [6.45, 7) is 0.674. The molecule has 1 aromatic heterocycles. The highest BCUT2D eigenvalue weighted by molar-refractivity contribution is 5.53. The first-order valence-corrected chi connectivity index (χ1v) is 8.04. The molecule has 0 aliphatic heterocycles. The highest BCUT2D eigenvalue weighted by Gasteiger charge is 2.10. The van der Waals surface area contributed by atoms with Crippen molar-refractivity contribution in [1.82, 2.24) is 19.9 Å². The number of benzene rings is 2. The Labute approximate surface area is 153 Å². The Morgan fingerprint density at radius 2 is 1.67 bits per heavy atom. The molecule has 27 heavy (non-hydrogen) atoms. The summed E-state index contributed by atoms with van der Waals surface area (Å²) < 4.78 is 39.3. The molecule has 0 radical (unpaired) electrons. The van der Waals surface area contributed by atoms with Gasteiger partial charge in [0.1, 0.15) is 11.6 Å². The van der Waals surface area contributed by atoms with Crippen molar-refractivity contribution in [3.63, 3.8) is 0 Å². The topological polar surface area (TPSA) is 80.0 Å². The van der Waals surface area contributed by atoms with Gasteiger partial charge in [0.2, 0.25) is 11.9 Å². The van der Waals surface area contributed by atoms with Crippen molar-refractivity contribution in [2.45, 2.75) is 13.1 Å². The zero-order valence-electron chi connectivity index (χ0n) is 14.5. The molecule has 6 nitrogen and oxygen atoms in total. The fraction of sp³-hybridized carbons (Fsp3) is 0.167. The van der Waals surface area contributed by atoms with E-state index in [9.17, 15) is 13.2 Å². The first-order valence-electron chi connectivity index (χ1n) is 8.04. The minimum atomic E-state index is -0.893. The van der Waals surface area contributed by atoms with Crippen LogP contribution in [-0.2, 0) is 13.1 Å². The fourth-order valence-corrected chi connectivity index (χ4v) is 2.47. The number of nitrogen functional groups attached to an aromatic ring is 1. The molecule has 1 heterocycles. The molecule has 0 bridgehead atoms. The van der Waals surface area contributed by atoms with E-state index in [1.807, 2.05) is 4.90 Å². The molecule has 3 N–H and O–H groups in total. The van der Waals surface area contributed by atoms with E-state index in [0.717, 1.165) is 12.1 Å². The van der Waals surface area contributed by atoms with Gasteiger partial charge in [-0.15, -0.1) is 0 Å². The summed E-state index contributed by atoms with van der Waals surface area (Å²) in [5, 5.41) is 2.93. The van der Waals surface area contributed by atoms with Crippen molar-refractivity contribution in [3.05, 3.63) is 71.3 Å². The van der Waals surface area contributed by atoms with E-state index in [1.165, 1.54) is 18.2 Å². The van der Waals surface area contributed by atoms with Crippen LogP contribution in [0.25, 0.3) is 0 Å². The lowest BCUT2D eigenvalue weighted by Crippen LogP contribution is -2.20. The van der Waals surface area contributed by atoms with Gasteiger partial charge in [-0.1, -0.05) is 6.07 Å². The first-order chi connectivity index (χ1) is 12.9. The summed E-state index contributed by atoms with van der Waals surface area (Å²) in [5.74, 6) is -1.47. The monoisotopic (exact) mass is 374 g/mol. The van der Waals surface area contributed by atoms with Crippen LogP contribution < -0.4 is 11.1 Å². The Kier molecular flexibility index (Phi) is 5.51. The third-order valence-corrected chi connectivity index (χ3v) is 3.65. The predicted molar refractivity (Wildman–Crippen MR) is 95.5 cm³/mol. The van der Waals surface area contributed by atoms with Gasteiger partial charge in [0.05, 0.1) is 6.54 Å². The van der Waals surface area contributed by atoms with Crippen molar-refractivity contribution >= 4 is 17.6 Å². The third-order valence-electron chi connectivity index (χ3n) is 3.65. The molecule has 0 spiro atoms. The SMILES string of the molecule is CN(Cc1ccc(F)c(F)c1)Cc1nc(N)nc(Nc2ccc(F)cc2)n1. The minimum absolute atomic E-state index is 0.0332. The van der Waals surface area contributed by atoms with Crippen molar-refractivity contribution in [2.24, 2.45) is 0 Å². The van der Waals surface area contributed by atoms with Gasteiger partial charge in [0.15, 0.2) is 11.6 Å². The molecule has 0 saturated heterocycles. The summed E-state index contributed by atoms with van der Waals surface area (Å²) in [6.07, 6.45) is 0. The fourth-order valence-electron chi connectivity index (χ4n) is 2.47. The maximum absolute atomic E-state index is 13.3. The Balaban J connectivity index is 1.69. The van der Waals surface area contributed by atoms with Crippen molar-refractivity contribution in [2.75, 3.05) is 18.1 Å².